The monoisotopic (exact) mass is 343 g/mol. The van der Waals surface area contributed by atoms with Crippen LogP contribution in [0.4, 0.5) is 10.5 Å². The summed E-state index contributed by atoms with van der Waals surface area (Å²) in [4.78, 5) is 16.5. The molecule has 0 aromatic heterocycles. The molecule has 1 aliphatic heterocycles. The van der Waals surface area contributed by atoms with E-state index in [0.29, 0.717) is 21.7 Å². The quantitative estimate of drug-likeness (QED) is 0.889. The number of carbonyl (C=O) groups is 1. The van der Waals surface area contributed by atoms with Crippen LogP contribution in [0.1, 0.15) is 20.3 Å². The van der Waals surface area contributed by atoms with Gasteiger partial charge in [0, 0.05) is 31.2 Å². The summed E-state index contributed by atoms with van der Waals surface area (Å²) in [6, 6.07) is 4.93. The SMILES string of the molecule is CC(C)CCN1CCN(C(=O)Nc2cc(Cl)ccc2Cl)CC1. The summed E-state index contributed by atoms with van der Waals surface area (Å²) in [7, 11) is 0. The molecule has 0 bridgehead atoms. The summed E-state index contributed by atoms with van der Waals surface area (Å²) >= 11 is 12.0. The highest BCUT2D eigenvalue weighted by Crippen LogP contribution is 2.25. The minimum absolute atomic E-state index is 0.118. The molecular formula is C16H23Cl2N3O. The highest BCUT2D eigenvalue weighted by Gasteiger charge is 2.21. The maximum Gasteiger partial charge on any atom is 0.321 e. The van der Waals surface area contributed by atoms with Gasteiger partial charge in [-0.25, -0.2) is 4.79 Å². The highest BCUT2D eigenvalue weighted by molar-refractivity contribution is 6.35. The molecule has 1 heterocycles. The first kappa shape index (κ1) is 17.4. The largest absolute Gasteiger partial charge is 0.322 e. The Hall–Kier alpha value is -0.970. The van der Waals surface area contributed by atoms with Crippen molar-refractivity contribution < 1.29 is 4.79 Å². The summed E-state index contributed by atoms with van der Waals surface area (Å²) in [6.07, 6.45) is 1.20. The summed E-state index contributed by atoms with van der Waals surface area (Å²) in [6.45, 7) is 8.89. The van der Waals surface area contributed by atoms with Gasteiger partial charge in [0.15, 0.2) is 0 Å². The van der Waals surface area contributed by atoms with E-state index in [1.54, 1.807) is 18.2 Å². The molecule has 1 aliphatic rings. The first-order chi connectivity index (χ1) is 10.5. The molecule has 4 nitrogen and oxygen atoms in total. The van der Waals surface area contributed by atoms with Crippen LogP contribution in [0.2, 0.25) is 10.0 Å². The average molecular weight is 344 g/mol. The van der Waals surface area contributed by atoms with Gasteiger partial charge < -0.3 is 10.2 Å². The van der Waals surface area contributed by atoms with Gasteiger partial charge >= 0.3 is 6.03 Å². The minimum Gasteiger partial charge on any atom is -0.322 e. The van der Waals surface area contributed by atoms with Crippen LogP contribution in [0, 0.1) is 5.92 Å². The maximum atomic E-state index is 12.3. The summed E-state index contributed by atoms with van der Waals surface area (Å²) < 4.78 is 0. The molecule has 0 aliphatic carbocycles. The van der Waals surface area contributed by atoms with E-state index < -0.39 is 0 Å². The van der Waals surface area contributed by atoms with Crippen LogP contribution in [0.5, 0.6) is 0 Å². The minimum atomic E-state index is -0.118. The van der Waals surface area contributed by atoms with Crippen LogP contribution in [-0.4, -0.2) is 48.6 Å². The summed E-state index contributed by atoms with van der Waals surface area (Å²) in [5.74, 6) is 0.714. The fourth-order valence-electron chi connectivity index (χ4n) is 2.40. The lowest BCUT2D eigenvalue weighted by Gasteiger charge is -2.35. The molecule has 1 aromatic rings. The molecule has 0 saturated carbocycles. The van der Waals surface area contributed by atoms with Gasteiger partial charge in [-0.1, -0.05) is 37.0 Å². The number of nitrogens with one attached hydrogen (secondary N) is 1. The van der Waals surface area contributed by atoms with Gasteiger partial charge in [0.25, 0.3) is 0 Å². The Labute approximate surface area is 142 Å². The number of anilines is 1. The third-order valence-corrected chi connectivity index (χ3v) is 4.42. The van der Waals surface area contributed by atoms with Gasteiger partial charge in [-0.05, 0) is 37.1 Å². The molecule has 0 unspecified atom stereocenters. The van der Waals surface area contributed by atoms with Crippen LogP contribution in [0.25, 0.3) is 0 Å². The Morgan fingerprint density at radius 2 is 1.91 bits per heavy atom. The Morgan fingerprint density at radius 1 is 1.23 bits per heavy atom. The van der Waals surface area contributed by atoms with Gasteiger partial charge in [0.2, 0.25) is 0 Å². The van der Waals surface area contributed by atoms with Crippen molar-refractivity contribution in [2.45, 2.75) is 20.3 Å². The average Bonchev–Trinajstić information content (AvgIpc) is 2.49. The van der Waals surface area contributed by atoms with Crippen LogP contribution >= 0.6 is 23.2 Å². The topological polar surface area (TPSA) is 35.6 Å². The molecule has 1 fully saturated rings. The Bertz CT molecular complexity index is 514. The van der Waals surface area contributed by atoms with E-state index in [1.807, 2.05) is 4.90 Å². The summed E-state index contributed by atoms with van der Waals surface area (Å²) in [5.41, 5.74) is 0.557. The number of carbonyl (C=O) groups excluding carboxylic acids is 1. The lowest BCUT2D eigenvalue weighted by Crippen LogP contribution is -2.50. The molecule has 0 spiro atoms. The molecule has 0 atom stereocenters. The number of rotatable bonds is 4. The van der Waals surface area contributed by atoms with Crippen molar-refractivity contribution in [3.8, 4) is 0 Å². The number of urea groups is 1. The fourth-order valence-corrected chi connectivity index (χ4v) is 2.74. The van der Waals surface area contributed by atoms with Gasteiger partial charge in [-0.2, -0.15) is 0 Å². The number of benzene rings is 1. The van der Waals surface area contributed by atoms with Crippen LogP contribution < -0.4 is 5.32 Å². The van der Waals surface area contributed by atoms with Gasteiger partial charge in [-0.15, -0.1) is 0 Å². The van der Waals surface area contributed by atoms with Gasteiger partial charge in [0.05, 0.1) is 10.7 Å². The molecule has 1 aromatic carbocycles. The molecule has 2 amide bonds. The van der Waals surface area contributed by atoms with Crippen LogP contribution in [0.15, 0.2) is 18.2 Å². The van der Waals surface area contributed by atoms with Crippen LogP contribution in [-0.2, 0) is 0 Å². The smallest absolute Gasteiger partial charge is 0.321 e. The molecule has 6 heteroatoms. The predicted molar refractivity (Wildman–Crippen MR) is 92.9 cm³/mol. The number of hydrogen-bond donors (Lipinski definition) is 1. The predicted octanol–water partition coefficient (Wildman–Crippen LogP) is 4.19. The first-order valence-corrected chi connectivity index (χ1v) is 8.44. The second-order valence-electron chi connectivity index (χ2n) is 6.07. The van der Waals surface area contributed by atoms with E-state index >= 15 is 0 Å². The van der Waals surface area contributed by atoms with Gasteiger partial charge in [0.1, 0.15) is 0 Å². The van der Waals surface area contributed by atoms with E-state index in [-0.39, 0.29) is 6.03 Å². The number of hydrogen-bond acceptors (Lipinski definition) is 2. The lowest BCUT2D eigenvalue weighted by molar-refractivity contribution is 0.143. The Kier molecular flexibility index (Phi) is 6.36. The standard InChI is InChI=1S/C16H23Cl2N3O/c1-12(2)5-6-20-7-9-21(10-8-20)16(22)19-15-11-13(17)3-4-14(15)18/h3-4,11-12H,5-10H2,1-2H3,(H,19,22). The molecule has 122 valence electrons. The molecule has 22 heavy (non-hydrogen) atoms. The van der Waals surface area contributed by atoms with Crippen molar-refractivity contribution in [1.29, 1.82) is 0 Å². The highest BCUT2D eigenvalue weighted by atomic mass is 35.5. The van der Waals surface area contributed by atoms with E-state index in [9.17, 15) is 4.79 Å². The maximum absolute atomic E-state index is 12.3. The zero-order chi connectivity index (χ0) is 16.1. The Balaban J connectivity index is 1.83. The third kappa shape index (κ3) is 5.04. The fraction of sp³-hybridized carbons (Fsp3) is 0.562. The van der Waals surface area contributed by atoms with E-state index in [4.69, 9.17) is 23.2 Å². The second-order valence-corrected chi connectivity index (χ2v) is 6.91. The van der Waals surface area contributed by atoms with Crippen molar-refractivity contribution in [3.63, 3.8) is 0 Å². The van der Waals surface area contributed by atoms with Crippen molar-refractivity contribution >= 4 is 34.9 Å². The zero-order valence-corrected chi connectivity index (χ0v) is 14.6. The number of amides is 2. The van der Waals surface area contributed by atoms with Gasteiger partial charge in [-0.3, -0.25) is 4.90 Å². The Morgan fingerprint density at radius 3 is 2.55 bits per heavy atom. The third-order valence-electron chi connectivity index (χ3n) is 3.85. The number of piperazine rings is 1. The molecule has 1 saturated heterocycles. The first-order valence-electron chi connectivity index (χ1n) is 7.69. The van der Waals surface area contributed by atoms with E-state index in [0.717, 1.165) is 32.7 Å². The van der Waals surface area contributed by atoms with E-state index in [2.05, 4.69) is 24.1 Å². The van der Waals surface area contributed by atoms with Crippen molar-refractivity contribution in [3.05, 3.63) is 28.2 Å². The van der Waals surface area contributed by atoms with E-state index in [1.165, 1.54) is 6.42 Å². The molecule has 0 radical (unpaired) electrons. The number of nitrogens with zero attached hydrogens (tertiary/aromatic N) is 2. The van der Waals surface area contributed by atoms with Crippen molar-refractivity contribution in [2.75, 3.05) is 38.0 Å². The number of halogens is 2. The molecular weight excluding hydrogens is 321 g/mol. The lowest BCUT2D eigenvalue weighted by atomic mass is 10.1. The zero-order valence-electron chi connectivity index (χ0n) is 13.1. The normalized spacial score (nSPS) is 16.1. The molecule has 2 rings (SSSR count). The second kappa shape index (κ2) is 8.04. The molecule has 1 N–H and O–H groups in total. The van der Waals surface area contributed by atoms with Crippen LogP contribution in [0.3, 0.4) is 0 Å². The van der Waals surface area contributed by atoms with Crippen molar-refractivity contribution in [2.24, 2.45) is 5.92 Å². The summed E-state index contributed by atoms with van der Waals surface area (Å²) in [5, 5.41) is 3.89. The van der Waals surface area contributed by atoms with Crippen molar-refractivity contribution in [1.82, 2.24) is 9.80 Å².